The molecule has 2 N–H and O–H groups in total. The van der Waals surface area contributed by atoms with Crippen molar-refractivity contribution in [2.75, 3.05) is 18.4 Å². The summed E-state index contributed by atoms with van der Waals surface area (Å²) in [6.07, 6.45) is 3.11. The number of nitrogens with zero attached hydrogens (tertiary/aromatic N) is 2. The molecule has 3 rings (SSSR count). The Morgan fingerprint density at radius 3 is 2.83 bits per heavy atom. The molecule has 0 radical (unpaired) electrons. The second-order valence-corrected chi connectivity index (χ2v) is 6.24. The van der Waals surface area contributed by atoms with Crippen LogP contribution in [0.5, 0.6) is 0 Å². The molecule has 0 unspecified atom stereocenters. The number of hydrogen-bond donors (Lipinski definition) is 2. The highest BCUT2D eigenvalue weighted by Crippen LogP contribution is 2.19. The second-order valence-electron chi connectivity index (χ2n) is 5.34. The molecule has 6 nitrogen and oxygen atoms in total. The van der Waals surface area contributed by atoms with Crippen molar-refractivity contribution in [2.45, 2.75) is 18.9 Å². The van der Waals surface area contributed by atoms with Crippen molar-refractivity contribution in [2.24, 2.45) is 0 Å². The number of likely N-dealkylation sites (tertiary alicyclic amines) is 1. The Hall–Kier alpha value is -2.41. The molecule has 2 aromatic rings. The Morgan fingerprint density at radius 1 is 1.35 bits per heavy atom. The van der Waals surface area contributed by atoms with Gasteiger partial charge in [-0.25, -0.2) is 9.78 Å². The van der Waals surface area contributed by atoms with Crippen LogP contribution in [0.25, 0.3) is 0 Å². The normalized spacial score (nSPS) is 15.5. The molecule has 1 aliphatic heterocycles. The summed E-state index contributed by atoms with van der Waals surface area (Å²) in [5.74, 6) is 0.146. The fourth-order valence-electron chi connectivity index (χ4n) is 2.61. The van der Waals surface area contributed by atoms with Crippen molar-refractivity contribution in [3.05, 3.63) is 47.5 Å². The van der Waals surface area contributed by atoms with Crippen LogP contribution in [0.1, 0.15) is 24.4 Å². The van der Waals surface area contributed by atoms with Crippen molar-refractivity contribution in [3.8, 4) is 0 Å². The third kappa shape index (κ3) is 4.07. The Labute approximate surface area is 138 Å². The lowest BCUT2D eigenvalue weighted by Gasteiger charge is -2.25. The molecule has 1 aromatic heterocycles. The summed E-state index contributed by atoms with van der Waals surface area (Å²) in [6.45, 7) is 1.23. The van der Waals surface area contributed by atoms with Gasteiger partial charge in [-0.05, 0) is 12.0 Å². The number of urea groups is 1. The van der Waals surface area contributed by atoms with E-state index in [9.17, 15) is 9.59 Å². The van der Waals surface area contributed by atoms with Crippen molar-refractivity contribution >= 4 is 28.4 Å². The Bertz CT molecular complexity index is 660. The van der Waals surface area contributed by atoms with Crippen LogP contribution in [0.2, 0.25) is 0 Å². The van der Waals surface area contributed by atoms with Crippen LogP contribution in [0.3, 0.4) is 0 Å². The third-order valence-corrected chi connectivity index (χ3v) is 4.42. The van der Waals surface area contributed by atoms with Crippen LogP contribution < -0.4 is 10.6 Å². The maximum Gasteiger partial charge on any atom is 0.321 e. The van der Waals surface area contributed by atoms with Crippen LogP contribution in [0, 0.1) is 0 Å². The Balaban J connectivity index is 1.69. The fourth-order valence-corrected chi connectivity index (χ4v) is 3.14. The lowest BCUT2D eigenvalue weighted by molar-refractivity contribution is -0.128. The minimum absolute atomic E-state index is 0.146. The van der Waals surface area contributed by atoms with Crippen molar-refractivity contribution in [1.82, 2.24) is 15.2 Å². The molecule has 0 aliphatic carbocycles. The first-order valence-electron chi connectivity index (χ1n) is 7.52. The highest BCUT2D eigenvalue weighted by atomic mass is 32.1. The van der Waals surface area contributed by atoms with Gasteiger partial charge in [0.1, 0.15) is 0 Å². The SMILES string of the molecule is O=C(Nc1nccs1)N[C@@H](CN1CCCC1=O)c1ccccc1. The molecular formula is C16H18N4O2S. The van der Waals surface area contributed by atoms with Crippen molar-refractivity contribution < 1.29 is 9.59 Å². The predicted molar refractivity (Wildman–Crippen MR) is 89.3 cm³/mol. The summed E-state index contributed by atoms with van der Waals surface area (Å²) in [4.78, 5) is 29.9. The van der Waals surface area contributed by atoms with Crippen LogP contribution in [0.4, 0.5) is 9.93 Å². The summed E-state index contributed by atoms with van der Waals surface area (Å²) < 4.78 is 0. The number of nitrogens with one attached hydrogen (secondary N) is 2. The van der Waals surface area contributed by atoms with E-state index in [0.717, 1.165) is 18.5 Å². The van der Waals surface area contributed by atoms with Crippen LogP contribution >= 0.6 is 11.3 Å². The summed E-state index contributed by atoms with van der Waals surface area (Å²) in [7, 11) is 0. The lowest BCUT2D eigenvalue weighted by atomic mass is 10.1. The largest absolute Gasteiger partial charge is 0.340 e. The zero-order chi connectivity index (χ0) is 16.1. The van der Waals surface area contributed by atoms with Gasteiger partial charge in [-0.2, -0.15) is 0 Å². The Kier molecular flexibility index (Phi) is 4.87. The van der Waals surface area contributed by atoms with Gasteiger partial charge in [0, 0.05) is 31.1 Å². The first-order chi connectivity index (χ1) is 11.2. The zero-order valence-electron chi connectivity index (χ0n) is 12.6. The van der Waals surface area contributed by atoms with E-state index < -0.39 is 0 Å². The number of carbonyl (C=O) groups excluding carboxylic acids is 2. The van der Waals surface area contributed by atoms with Gasteiger partial charge in [0.25, 0.3) is 0 Å². The molecule has 0 saturated carbocycles. The molecule has 1 saturated heterocycles. The molecule has 1 aliphatic rings. The van der Waals surface area contributed by atoms with E-state index in [1.807, 2.05) is 30.3 Å². The standard InChI is InChI=1S/C16H18N4O2S/c21-14-7-4-9-20(14)11-13(12-5-2-1-3-6-12)18-15(22)19-16-17-8-10-23-16/h1-3,5-6,8,10,13H,4,7,9,11H2,(H2,17,18,19,22)/t13-/m0/s1. The van der Waals surface area contributed by atoms with Gasteiger partial charge in [0.2, 0.25) is 5.91 Å². The number of aromatic nitrogens is 1. The van der Waals surface area contributed by atoms with Gasteiger partial charge in [-0.3, -0.25) is 10.1 Å². The van der Waals surface area contributed by atoms with Crippen LogP contribution in [-0.4, -0.2) is 34.9 Å². The van der Waals surface area contributed by atoms with E-state index in [1.54, 1.807) is 16.5 Å². The monoisotopic (exact) mass is 330 g/mol. The summed E-state index contributed by atoms with van der Waals surface area (Å²) in [6, 6.07) is 9.11. The van der Waals surface area contributed by atoms with E-state index in [0.29, 0.717) is 18.1 Å². The molecular weight excluding hydrogens is 312 g/mol. The first kappa shape index (κ1) is 15.5. The summed E-state index contributed by atoms with van der Waals surface area (Å²) in [5, 5.41) is 8.00. The van der Waals surface area contributed by atoms with E-state index in [1.165, 1.54) is 11.3 Å². The molecule has 120 valence electrons. The fraction of sp³-hybridized carbons (Fsp3) is 0.312. The minimum Gasteiger partial charge on any atom is -0.340 e. The molecule has 3 amide bonds. The van der Waals surface area contributed by atoms with Gasteiger partial charge in [-0.15, -0.1) is 11.3 Å². The third-order valence-electron chi connectivity index (χ3n) is 3.73. The molecule has 0 bridgehead atoms. The molecule has 23 heavy (non-hydrogen) atoms. The summed E-state index contributed by atoms with van der Waals surface area (Å²) >= 11 is 1.36. The minimum atomic E-state index is -0.319. The van der Waals surface area contributed by atoms with Crippen molar-refractivity contribution in [1.29, 1.82) is 0 Å². The topological polar surface area (TPSA) is 74.3 Å². The van der Waals surface area contributed by atoms with Crippen LogP contribution in [0.15, 0.2) is 41.9 Å². The van der Waals surface area contributed by atoms with E-state index in [-0.39, 0.29) is 18.0 Å². The number of carbonyl (C=O) groups is 2. The second kappa shape index (κ2) is 7.23. The molecule has 1 atom stereocenters. The average Bonchev–Trinajstić information content (AvgIpc) is 3.20. The average molecular weight is 330 g/mol. The molecule has 0 spiro atoms. The Morgan fingerprint density at radius 2 is 2.17 bits per heavy atom. The lowest BCUT2D eigenvalue weighted by Crippen LogP contribution is -2.40. The van der Waals surface area contributed by atoms with E-state index >= 15 is 0 Å². The number of benzene rings is 1. The van der Waals surface area contributed by atoms with E-state index in [2.05, 4.69) is 15.6 Å². The number of rotatable bonds is 5. The van der Waals surface area contributed by atoms with Gasteiger partial charge in [0.05, 0.1) is 6.04 Å². The maximum absolute atomic E-state index is 12.2. The van der Waals surface area contributed by atoms with Gasteiger partial charge < -0.3 is 10.2 Å². The predicted octanol–water partition coefficient (Wildman–Crippen LogP) is 2.63. The van der Waals surface area contributed by atoms with Crippen LogP contribution in [-0.2, 0) is 4.79 Å². The first-order valence-corrected chi connectivity index (χ1v) is 8.40. The molecule has 7 heteroatoms. The number of amides is 3. The van der Waals surface area contributed by atoms with E-state index in [4.69, 9.17) is 0 Å². The van der Waals surface area contributed by atoms with Crippen molar-refractivity contribution in [3.63, 3.8) is 0 Å². The highest BCUT2D eigenvalue weighted by molar-refractivity contribution is 7.13. The molecule has 1 fully saturated rings. The smallest absolute Gasteiger partial charge is 0.321 e. The molecule has 2 heterocycles. The highest BCUT2D eigenvalue weighted by Gasteiger charge is 2.25. The van der Waals surface area contributed by atoms with Gasteiger partial charge in [-0.1, -0.05) is 30.3 Å². The maximum atomic E-state index is 12.2. The summed E-state index contributed by atoms with van der Waals surface area (Å²) in [5.41, 5.74) is 0.974. The molecule has 1 aromatic carbocycles. The quantitative estimate of drug-likeness (QED) is 0.885. The zero-order valence-corrected chi connectivity index (χ0v) is 13.4. The number of thiazole rings is 1. The van der Waals surface area contributed by atoms with Gasteiger partial charge in [0.15, 0.2) is 5.13 Å². The number of hydrogen-bond acceptors (Lipinski definition) is 4. The van der Waals surface area contributed by atoms with Gasteiger partial charge >= 0.3 is 6.03 Å². The number of anilines is 1.